The minimum Gasteiger partial charge on any atom is -0.454 e. The first-order valence-electron chi connectivity index (χ1n) is 8.06. The lowest BCUT2D eigenvalue weighted by molar-refractivity contribution is 0.174. The van der Waals surface area contributed by atoms with Gasteiger partial charge in [0.25, 0.3) is 0 Å². The number of benzene rings is 1. The number of rotatable bonds is 4. The highest BCUT2D eigenvalue weighted by Crippen LogP contribution is 2.40. The zero-order chi connectivity index (χ0) is 18.3. The van der Waals surface area contributed by atoms with E-state index in [0.717, 1.165) is 5.69 Å². The Balaban J connectivity index is 1.55. The van der Waals surface area contributed by atoms with Gasteiger partial charge in [-0.25, -0.2) is 4.79 Å². The van der Waals surface area contributed by atoms with Crippen molar-refractivity contribution in [2.45, 2.75) is 26.9 Å². The molecule has 3 aromatic rings. The van der Waals surface area contributed by atoms with Gasteiger partial charge in [-0.3, -0.25) is 9.25 Å². The summed E-state index contributed by atoms with van der Waals surface area (Å²) < 4.78 is 14.0. The topological polar surface area (TPSA) is 84.1 Å². The predicted octanol–water partition coefficient (Wildman–Crippen LogP) is 2.20. The fourth-order valence-corrected chi connectivity index (χ4v) is 3.14. The van der Waals surface area contributed by atoms with Gasteiger partial charge in [0, 0.05) is 29.6 Å². The summed E-state index contributed by atoms with van der Waals surface area (Å²) in [5.74, 6) is 1.25. The molecule has 0 atom stereocenters. The molecule has 1 aromatic carbocycles. The van der Waals surface area contributed by atoms with Crippen molar-refractivity contribution in [1.29, 1.82) is 0 Å². The second kappa shape index (κ2) is 6.45. The largest absolute Gasteiger partial charge is 0.454 e. The highest BCUT2D eigenvalue weighted by molar-refractivity contribution is 6.33. The van der Waals surface area contributed by atoms with Gasteiger partial charge in [0.15, 0.2) is 11.5 Å². The van der Waals surface area contributed by atoms with Crippen LogP contribution in [0.5, 0.6) is 11.5 Å². The molecule has 0 aliphatic carbocycles. The lowest BCUT2D eigenvalue weighted by atomic mass is 10.1. The molecular formula is C17H16ClN5O3. The number of aromatic nitrogens is 5. The van der Waals surface area contributed by atoms with Crippen LogP contribution in [0.3, 0.4) is 0 Å². The maximum atomic E-state index is 12.0. The molecule has 0 fully saturated rings. The van der Waals surface area contributed by atoms with Crippen molar-refractivity contribution in [3.63, 3.8) is 0 Å². The van der Waals surface area contributed by atoms with E-state index in [-0.39, 0.29) is 12.5 Å². The van der Waals surface area contributed by atoms with Gasteiger partial charge < -0.3 is 9.47 Å². The molecule has 134 valence electrons. The van der Waals surface area contributed by atoms with Gasteiger partial charge in [-0.15, -0.1) is 5.10 Å². The monoisotopic (exact) mass is 373 g/mol. The van der Waals surface area contributed by atoms with Crippen molar-refractivity contribution >= 4 is 11.6 Å². The van der Waals surface area contributed by atoms with Crippen LogP contribution in [0.2, 0.25) is 5.02 Å². The number of nitrogens with zero attached hydrogens (tertiary/aromatic N) is 5. The third-order valence-electron chi connectivity index (χ3n) is 4.18. The van der Waals surface area contributed by atoms with Crippen LogP contribution in [0, 0.1) is 13.8 Å². The van der Waals surface area contributed by atoms with E-state index in [4.69, 9.17) is 21.1 Å². The first-order valence-corrected chi connectivity index (χ1v) is 8.44. The van der Waals surface area contributed by atoms with E-state index in [2.05, 4.69) is 15.3 Å². The van der Waals surface area contributed by atoms with Crippen molar-refractivity contribution in [3.8, 4) is 22.8 Å². The molecule has 0 saturated carbocycles. The second-order valence-electron chi connectivity index (χ2n) is 6.03. The molecular weight excluding hydrogens is 358 g/mol. The van der Waals surface area contributed by atoms with Crippen molar-refractivity contribution in [2.75, 3.05) is 6.79 Å². The van der Waals surface area contributed by atoms with Gasteiger partial charge in [-0.2, -0.15) is 4.98 Å². The van der Waals surface area contributed by atoms with Crippen molar-refractivity contribution in [3.05, 3.63) is 51.3 Å². The average molecular weight is 374 g/mol. The summed E-state index contributed by atoms with van der Waals surface area (Å²) in [5, 5.41) is 8.80. The van der Waals surface area contributed by atoms with E-state index < -0.39 is 0 Å². The Morgan fingerprint density at radius 2 is 1.92 bits per heavy atom. The third-order valence-corrected chi connectivity index (χ3v) is 4.49. The first-order chi connectivity index (χ1) is 12.5. The molecule has 9 heteroatoms. The van der Waals surface area contributed by atoms with Crippen LogP contribution in [0.25, 0.3) is 11.3 Å². The van der Waals surface area contributed by atoms with Gasteiger partial charge in [0.05, 0.1) is 17.8 Å². The van der Waals surface area contributed by atoms with E-state index >= 15 is 0 Å². The molecule has 0 N–H and O–H groups in total. The Morgan fingerprint density at radius 1 is 1.15 bits per heavy atom. The van der Waals surface area contributed by atoms with Crippen LogP contribution < -0.4 is 15.2 Å². The molecule has 1 aliphatic rings. The molecule has 1 aliphatic heterocycles. The Hall–Kier alpha value is -2.87. The van der Waals surface area contributed by atoms with E-state index in [1.165, 1.54) is 0 Å². The van der Waals surface area contributed by atoms with Crippen molar-refractivity contribution < 1.29 is 9.47 Å². The van der Waals surface area contributed by atoms with E-state index in [1.54, 1.807) is 34.5 Å². The Kier molecular flexibility index (Phi) is 4.12. The smallest absolute Gasteiger partial charge is 0.348 e. The third kappa shape index (κ3) is 3.03. The molecule has 0 bridgehead atoms. The standard InChI is InChI=1S/C17H16ClN5O3/c1-10-5-11(2)23(17(24)19-10)4-3-22-8-14(20-21-22)12-6-15-16(7-13(12)18)26-9-25-15/h5-8H,3-4,9H2,1-2H3. The molecule has 0 unspecified atom stereocenters. The van der Waals surface area contributed by atoms with E-state index in [1.807, 2.05) is 13.0 Å². The molecule has 0 spiro atoms. The number of fused-ring (bicyclic) bond motifs is 1. The summed E-state index contributed by atoms with van der Waals surface area (Å²) in [6, 6.07) is 5.37. The number of hydrogen-bond acceptors (Lipinski definition) is 6. The van der Waals surface area contributed by atoms with E-state index in [0.29, 0.717) is 46.6 Å². The summed E-state index contributed by atoms with van der Waals surface area (Å²) >= 11 is 6.31. The quantitative estimate of drug-likeness (QED) is 0.697. The van der Waals surface area contributed by atoms with E-state index in [9.17, 15) is 4.79 Å². The number of halogens is 1. The SMILES string of the molecule is Cc1cc(C)n(CCn2cc(-c3cc4c(cc3Cl)OCO4)nn2)c(=O)n1. The zero-order valence-electron chi connectivity index (χ0n) is 14.3. The van der Waals surface area contributed by atoms with Crippen LogP contribution in [0.4, 0.5) is 0 Å². The highest BCUT2D eigenvalue weighted by atomic mass is 35.5. The summed E-state index contributed by atoms with van der Waals surface area (Å²) in [5.41, 5.74) is 2.65. The normalized spacial score (nSPS) is 12.6. The van der Waals surface area contributed by atoms with Gasteiger partial charge in [-0.1, -0.05) is 16.8 Å². The average Bonchev–Trinajstić information content (AvgIpc) is 3.21. The summed E-state index contributed by atoms with van der Waals surface area (Å²) in [4.78, 5) is 16.0. The predicted molar refractivity (Wildman–Crippen MR) is 94.6 cm³/mol. The fourth-order valence-electron chi connectivity index (χ4n) is 2.89. The Morgan fingerprint density at radius 3 is 2.69 bits per heavy atom. The molecule has 4 rings (SSSR count). The number of hydrogen-bond donors (Lipinski definition) is 0. The fraction of sp³-hybridized carbons (Fsp3) is 0.294. The molecule has 0 amide bonds. The minimum atomic E-state index is -0.262. The lowest BCUT2D eigenvalue weighted by Gasteiger charge is -2.09. The second-order valence-corrected chi connectivity index (χ2v) is 6.43. The molecule has 0 saturated heterocycles. The maximum absolute atomic E-state index is 12.0. The van der Waals surface area contributed by atoms with Gasteiger partial charge in [0.1, 0.15) is 5.69 Å². The van der Waals surface area contributed by atoms with Gasteiger partial charge in [-0.05, 0) is 26.0 Å². The molecule has 3 heterocycles. The summed E-state index contributed by atoms with van der Waals surface area (Å²) in [6.45, 7) is 4.81. The zero-order valence-corrected chi connectivity index (χ0v) is 15.0. The Labute approximate surface area is 154 Å². The van der Waals surface area contributed by atoms with Crippen LogP contribution in [0.1, 0.15) is 11.4 Å². The number of aryl methyl sites for hydroxylation is 3. The first kappa shape index (κ1) is 16.6. The van der Waals surface area contributed by atoms with Crippen molar-refractivity contribution in [2.24, 2.45) is 0 Å². The van der Waals surface area contributed by atoms with Crippen LogP contribution in [0.15, 0.2) is 29.2 Å². The maximum Gasteiger partial charge on any atom is 0.348 e. The van der Waals surface area contributed by atoms with Gasteiger partial charge >= 0.3 is 5.69 Å². The summed E-state index contributed by atoms with van der Waals surface area (Å²) in [6.07, 6.45) is 1.78. The molecule has 26 heavy (non-hydrogen) atoms. The number of ether oxygens (including phenoxy) is 2. The van der Waals surface area contributed by atoms with Gasteiger partial charge in [0.2, 0.25) is 6.79 Å². The van der Waals surface area contributed by atoms with Crippen LogP contribution in [-0.4, -0.2) is 31.3 Å². The highest BCUT2D eigenvalue weighted by Gasteiger charge is 2.19. The molecule has 2 aromatic heterocycles. The van der Waals surface area contributed by atoms with Crippen molar-refractivity contribution in [1.82, 2.24) is 24.5 Å². The van der Waals surface area contributed by atoms with Crippen LogP contribution in [-0.2, 0) is 13.1 Å². The van der Waals surface area contributed by atoms with Crippen LogP contribution >= 0.6 is 11.6 Å². The lowest BCUT2D eigenvalue weighted by Crippen LogP contribution is -2.27. The molecule has 8 nitrogen and oxygen atoms in total. The Bertz CT molecular complexity index is 1040. The minimum absolute atomic E-state index is 0.181. The molecule has 0 radical (unpaired) electrons. The summed E-state index contributed by atoms with van der Waals surface area (Å²) in [7, 11) is 0.